The second-order valence-corrected chi connectivity index (χ2v) is 5.42. The third-order valence-electron chi connectivity index (χ3n) is 4.19. The fraction of sp³-hybridized carbons (Fsp3) is 0.643. The molecule has 0 aromatic carbocycles. The highest BCUT2D eigenvalue weighted by molar-refractivity contribution is 5.89. The number of hydrogen-bond donors (Lipinski definition) is 0. The lowest BCUT2D eigenvalue weighted by atomic mass is 9.87. The van der Waals surface area contributed by atoms with Crippen molar-refractivity contribution in [1.29, 1.82) is 0 Å². The summed E-state index contributed by atoms with van der Waals surface area (Å²) >= 11 is 0. The third kappa shape index (κ3) is 3.22. The van der Waals surface area contributed by atoms with E-state index in [9.17, 15) is 22.8 Å². The van der Waals surface area contributed by atoms with E-state index in [1.807, 2.05) is 0 Å². The van der Waals surface area contributed by atoms with Crippen molar-refractivity contribution in [3.8, 4) is 0 Å². The molecule has 0 heterocycles. The van der Waals surface area contributed by atoms with Crippen LogP contribution >= 0.6 is 0 Å². The van der Waals surface area contributed by atoms with Gasteiger partial charge in [0.2, 0.25) is 0 Å². The zero-order valence-corrected chi connectivity index (χ0v) is 11.3. The molecule has 4 unspecified atom stereocenters. The number of alkyl halides is 3. The summed E-state index contributed by atoms with van der Waals surface area (Å²) in [6, 6.07) is 0. The highest BCUT2D eigenvalue weighted by Gasteiger charge is 2.51. The second-order valence-electron chi connectivity index (χ2n) is 5.42. The summed E-state index contributed by atoms with van der Waals surface area (Å²) in [5.41, 5.74) is -1.50. The molecule has 0 spiro atoms. The molecule has 21 heavy (non-hydrogen) atoms. The molecule has 2 saturated carbocycles. The summed E-state index contributed by atoms with van der Waals surface area (Å²) in [5, 5.41) is 0. The summed E-state index contributed by atoms with van der Waals surface area (Å²) < 4.78 is 46.8. The van der Waals surface area contributed by atoms with Crippen molar-refractivity contribution < 1.29 is 32.2 Å². The summed E-state index contributed by atoms with van der Waals surface area (Å²) in [4.78, 5) is 23.1. The van der Waals surface area contributed by atoms with E-state index in [0.717, 1.165) is 0 Å². The van der Waals surface area contributed by atoms with E-state index in [4.69, 9.17) is 9.47 Å². The van der Waals surface area contributed by atoms with Crippen LogP contribution in [-0.4, -0.2) is 30.8 Å². The van der Waals surface area contributed by atoms with E-state index in [2.05, 4.69) is 13.5 Å². The minimum atomic E-state index is -4.78. The van der Waals surface area contributed by atoms with Crippen LogP contribution in [0.15, 0.2) is 12.2 Å². The predicted octanol–water partition coefficient (Wildman–Crippen LogP) is 2.44. The fourth-order valence-corrected chi connectivity index (χ4v) is 3.19. The lowest BCUT2D eigenvalue weighted by Gasteiger charge is -2.26. The van der Waals surface area contributed by atoms with E-state index < -0.39 is 23.8 Å². The Balaban J connectivity index is 1.90. The van der Waals surface area contributed by atoms with Crippen LogP contribution in [0.25, 0.3) is 0 Å². The normalized spacial score (nSPS) is 31.0. The molecule has 0 aromatic heterocycles. The van der Waals surface area contributed by atoms with Crippen LogP contribution in [0, 0.1) is 24.7 Å². The van der Waals surface area contributed by atoms with Gasteiger partial charge in [-0.05, 0) is 38.0 Å². The number of carbonyl (C=O) groups is 2. The monoisotopic (exact) mass is 305 g/mol. The zero-order chi connectivity index (χ0) is 15.8. The van der Waals surface area contributed by atoms with Gasteiger partial charge in [-0.2, -0.15) is 13.2 Å². The first-order valence-electron chi connectivity index (χ1n) is 6.67. The van der Waals surface area contributed by atoms with Gasteiger partial charge in [-0.15, -0.1) is 0 Å². The maximum atomic E-state index is 12.3. The number of carbonyl (C=O) groups excluding carboxylic acids is 2. The number of esters is 2. The van der Waals surface area contributed by atoms with Crippen LogP contribution in [0.1, 0.15) is 19.3 Å². The van der Waals surface area contributed by atoms with Gasteiger partial charge in [0.15, 0.2) is 0 Å². The fourth-order valence-electron chi connectivity index (χ4n) is 3.19. The quantitative estimate of drug-likeness (QED) is 0.591. The van der Waals surface area contributed by atoms with E-state index in [1.54, 1.807) is 0 Å². The standard InChI is InChI=1S/C14H16F3O4/c1-3-20-13(19)10-5-9-4-8(10)6-11(9)21-12(18)7(2)14(15,16)17/h8-11H,1-6H2. The molecule has 0 N–H and O–H groups in total. The summed E-state index contributed by atoms with van der Waals surface area (Å²) in [5.74, 6) is -2.13. The summed E-state index contributed by atoms with van der Waals surface area (Å²) in [6.45, 7) is 6.20. The van der Waals surface area contributed by atoms with Crippen molar-refractivity contribution in [3.63, 3.8) is 0 Å². The Kier molecular flexibility index (Phi) is 4.30. The molecule has 0 amide bonds. The highest BCUT2D eigenvalue weighted by Crippen LogP contribution is 2.50. The van der Waals surface area contributed by atoms with Crippen LogP contribution in [0.3, 0.4) is 0 Å². The van der Waals surface area contributed by atoms with Crippen molar-refractivity contribution in [2.45, 2.75) is 31.5 Å². The van der Waals surface area contributed by atoms with Gasteiger partial charge in [0.1, 0.15) is 11.7 Å². The van der Waals surface area contributed by atoms with E-state index in [1.165, 1.54) is 0 Å². The van der Waals surface area contributed by atoms with Crippen LogP contribution in [-0.2, 0) is 19.1 Å². The molecule has 2 fully saturated rings. The Morgan fingerprint density at radius 3 is 2.29 bits per heavy atom. The minimum Gasteiger partial charge on any atom is -0.465 e. The first kappa shape index (κ1) is 15.9. The molecule has 4 atom stereocenters. The minimum absolute atomic E-state index is 0.00833. The van der Waals surface area contributed by atoms with Crippen molar-refractivity contribution in [2.75, 3.05) is 6.61 Å². The number of rotatable bonds is 4. The zero-order valence-electron chi connectivity index (χ0n) is 11.3. The third-order valence-corrected chi connectivity index (χ3v) is 4.19. The van der Waals surface area contributed by atoms with Gasteiger partial charge < -0.3 is 9.47 Å². The Hall–Kier alpha value is -1.53. The Bertz CT molecular complexity index is 458. The number of halogens is 3. The van der Waals surface area contributed by atoms with Crippen molar-refractivity contribution in [1.82, 2.24) is 0 Å². The molecule has 2 bridgehead atoms. The molecule has 117 valence electrons. The molecule has 7 heteroatoms. The van der Waals surface area contributed by atoms with Crippen LogP contribution in [0.5, 0.6) is 0 Å². The average molecular weight is 305 g/mol. The molecule has 2 aliphatic carbocycles. The maximum absolute atomic E-state index is 12.3. The molecule has 0 aliphatic heterocycles. The Morgan fingerprint density at radius 2 is 1.81 bits per heavy atom. The number of hydrogen-bond acceptors (Lipinski definition) is 4. The summed E-state index contributed by atoms with van der Waals surface area (Å²) in [7, 11) is 0. The molecule has 2 rings (SSSR count). The molecule has 1 radical (unpaired) electrons. The largest absolute Gasteiger partial charge is 0.465 e. The van der Waals surface area contributed by atoms with E-state index in [0.29, 0.717) is 19.3 Å². The summed E-state index contributed by atoms with van der Waals surface area (Å²) in [6.07, 6.45) is -3.84. The number of fused-ring (bicyclic) bond motifs is 2. The lowest BCUT2D eigenvalue weighted by Crippen LogP contribution is -2.33. The molecule has 0 aromatic rings. The predicted molar refractivity (Wildman–Crippen MR) is 65.7 cm³/mol. The topological polar surface area (TPSA) is 52.6 Å². The van der Waals surface area contributed by atoms with Gasteiger partial charge in [0.05, 0.1) is 12.5 Å². The maximum Gasteiger partial charge on any atom is 0.422 e. The molecule has 0 saturated heterocycles. The van der Waals surface area contributed by atoms with Crippen molar-refractivity contribution in [3.05, 3.63) is 19.1 Å². The first-order valence-corrected chi connectivity index (χ1v) is 6.67. The lowest BCUT2D eigenvalue weighted by molar-refractivity contribution is -0.159. The first-order chi connectivity index (χ1) is 9.74. The second kappa shape index (κ2) is 5.69. The van der Waals surface area contributed by atoms with Crippen LogP contribution in [0.4, 0.5) is 13.2 Å². The van der Waals surface area contributed by atoms with Gasteiger partial charge in [-0.1, -0.05) is 6.58 Å². The number of ether oxygens (including phenoxy) is 2. The molecular weight excluding hydrogens is 289 g/mol. The molecule has 2 aliphatic rings. The smallest absolute Gasteiger partial charge is 0.422 e. The molecular formula is C14H16F3O4. The van der Waals surface area contributed by atoms with Gasteiger partial charge >= 0.3 is 18.1 Å². The van der Waals surface area contributed by atoms with Crippen molar-refractivity contribution >= 4 is 11.9 Å². The van der Waals surface area contributed by atoms with E-state index in [-0.39, 0.29) is 30.3 Å². The van der Waals surface area contributed by atoms with Crippen LogP contribution < -0.4 is 0 Å². The molecule has 4 nitrogen and oxygen atoms in total. The van der Waals surface area contributed by atoms with Gasteiger partial charge in [-0.3, -0.25) is 4.79 Å². The van der Waals surface area contributed by atoms with Gasteiger partial charge in [-0.25, -0.2) is 4.79 Å². The van der Waals surface area contributed by atoms with E-state index >= 15 is 0 Å². The van der Waals surface area contributed by atoms with Gasteiger partial charge in [0.25, 0.3) is 0 Å². The van der Waals surface area contributed by atoms with Crippen LogP contribution in [0.2, 0.25) is 0 Å². The van der Waals surface area contributed by atoms with Crippen molar-refractivity contribution in [2.24, 2.45) is 17.8 Å². The average Bonchev–Trinajstić information content (AvgIpc) is 2.96. The SMILES string of the molecule is [CH2]COC(=O)C1CC2CC1CC2OC(=O)C(=C)C(F)(F)F. The highest BCUT2D eigenvalue weighted by atomic mass is 19.4. The Labute approximate surface area is 120 Å². The Morgan fingerprint density at radius 1 is 1.14 bits per heavy atom. The van der Waals surface area contributed by atoms with Gasteiger partial charge in [0, 0.05) is 0 Å².